The molecule has 178 valence electrons. The van der Waals surface area contributed by atoms with E-state index in [9.17, 15) is 14.4 Å². The zero-order valence-electron chi connectivity index (χ0n) is 19.2. The second-order valence-corrected chi connectivity index (χ2v) is 7.89. The van der Waals surface area contributed by atoms with Gasteiger partial charge in [-0.15, -0.1) is 0 Å². The van der Waals surface area contributed by atoms with Crippen LogP contribution in [0.1, 0.15) is 22.8 Å². The molecule has 9 nitrogen and oxygen atoms in total. The van der Waals surface area contributed by atoms with Gasteiger partial charge >= 0.3 is 11.9 Å². The van der Waals surface area contributed by atoms with Crippen LogP contribution in [0.15, 0.2) is 58.4 Å². The van der Waals surface area contributed by atoms with E-state index in [0.29, 0.717) is 27.9 Å². The van der Waals surface area contributed by atoms with Crippen LogP contribution in [0.2, 0.25) is 0 Å². The fourth-order valence-corrected chi connectivity index (χ4v) is 4.01. The number of thioether (sulfide) groups is 1. The lowest BCUT2D eigenvalue weighted by molar-refractivity contribution is -0.135. The highest BCUT2D eigenvalue weighted by Gasteiger charge is 2.34. The molecule has 2 aromatic carbocycles. The lowest BCUT2D eigenvalue weighted by Crippen LogP contribution is -2.28. The summed E-state index contributed by atoms with van der Waals surface area (Å²) < 4.78 is 20.3. The van der Waals surface area contributed by atoms with E-state index in [1.54, 1.807) is 50.4 Å². The molecule has 1 saturated heterocycles. The molecular weight excluding hydrogens is 460 g/mol. The minimum absolute atomic E-state index is 0.185. The van der Waals surface area contributed by atoms with E-state index in [2.05, 4.69) is 9.73 Å². The van der Waals surface area contributed by atoms with E-state index >= 15 is 0 Å². The topological polar surface area (TPSA) is 104 Å². The Hall–Kier alpha value is -3.79. The summed E-state index contributed by atoms with van der Waals surface area (Å²) in [6, 6.07) is 11.8. The number of carbonyl (C=O) groups excluding carboxylic acids is 3. The molecule has 1 aliphatic rings. The van der Waals surface area contributed by atoms with Crippen molar-refractivity contribution in [3.63, 3.8) is 0 Å². The summed E-state index contributed by atoms with van der Waals surface area (Å²) in [7, 11) is 4.31. The molecule has 1 heterocycles. The maximum atomic E-state index is 13.1. The Morgan fingerprint density at radius 1 is 1.03 bits per heavy atom. The average molecular weight is 485 g/mol. The van der Waals surface area contributed by atoms with Crippen molar-refractivity contribution in [1.82, 2.24) is 4.90 Å². The zero-order chi connectivity index (χ0) is 24.7. The third-order valence-corrected chi connectivity index (χ3v) is 5.74. The van der Waals surface area contributed by atoms with Gasteiger partial charge in [0.15, 0.2) is 16.7 Å². The van der Waals surface area contributed by atoms with Crippen LogP contribution in [0.5, 0.6) is 11.5 Å². The Kier molecular flexibility index (Phi) is 8.31. The molecule has 0 aliphatic carbocycles. The third-order valence-electron chi connectivity index (χ3n) is 4.73. The number of rotatable bonds is 8. The second kappa shape index (κ2) is 11.4. The first kappa shape index (κ1) is 24.8. The highest BCUT2D eigenvalue weighted by molar-refractivity contribution is 8.18. The van der Waals surface area contributed by atoms with E-state index < -0.39 is 11.9 Å². The summed E-state index contributed by atoms with van der Waals surface area (Å²) in [4.78, 5) is 42.9. The Labute approximate surface area is 201 Å². The van der Waals surface area contributed by atoms with E-state index in [0.717, 1.165) is 23.4 Å². The maximum absolute atomic E-state index is 13.1. The van der Waals surface area contributed by atoms with Crippen LogP contribution in [-0.4, -0.2) is 55.8 Å². The molecule has 0 aromatic heterocycles. The summed E-state index contributed by atoms with van der Waals surface area (Å²) in [5, 5.41) is 0.374. The summed E-state index contributed by atoms with van der Waals surface area (Å²) in [6.07, 6.45) is 1.14. The number of nitrogens with zero attached hydrogens (tertiary/aromatic N) is 2. The summed E-state index contributed by atoms with van der Waals surface area (Å²) >= 11 is 1.06. The summed E-state index contributed by atoms with van der Waals surface area (Å²) in [6.45, 7) is 2.20. The lowest BCUT2D eigenvalue weighted by atomic mass is 10.2. The number of hydrogen-bond acceptors (Lipinski definition) is 9. The maximum Gasteiger partial charge on any atom is 0.338 e. The summed E-state index contributed by atoms with van der Waals surface area (Å²) in [5.74, 6) is -0.354. The van der Waals surface area contributed by atoms with Crippen molar-refractivity contribution in [2.75, 3.05) is 27.9 Å². The van der Waals surface area contributed by atoms with Gasteiger partial charge in [-0.3, -0.25) is 9.69 Å². The van der Waals surface area contributed by atoms with Gasteiger partial charge in [-0.25, -0.2) is 14.6 Å². The Morgan fingerprint density at radius 3 is 2.35 bits per heavy atom. The molecule has 1 amide bonds. The first-order valence-corrected chi connectivity index (χ1v) is 11.1. The average Bonchev–Trinajstić information content (AvgIpc) is 3.13. The van der Waals surface area contributed by atoms with E-state index in [1.807, 2.05) is 6.07 Å². The number of ether oxygens (including phenoxy) is 4. The smallest absolute Gasteiger partial charge is 0.338 e. The first-order valence-electron chi connectivity index (χ1n) is 10.3. The molecular formula is C24H24N2O7S. The molecule has 1 aliphatic heterocycles. The minimum atomic E-state index is -0.637. The third kappa shape index (κ3) is 5.76. The minimum Gasteiger partial charge on any atom is -0.493 e. The molecule has 0 unspecified atom stereocenters. The molecule has 1 fully saturated rings. The number of amidine groups is 1. The van der Waals surface area contributed by atoms with Crippen molar-refractivity contribution in [1.29, 1.82) is 0 Å². The molecule has 2 aromatic rings. The van der Waals surface area contributed by atoms with Crippen LogP contribution in [0, 0.1) is 0 Å². The van der Waals surface area contributed by atoms with Gasteiger partial charge in [0.2, 0.25) is 0 Å². The largest absolute Gasteiger partial charge is 0.493 e. The second-order valence-electron chi connectivity index (χ2n) is 6.88. The molecule has 0 atom stereocenters. The van der Waals surface area contributed by atoms with Crippen LogP contribution in [0.4, 0.5) is 5.69 Å². The summed E-state index contributed by atoms with van der Waals surface area (Å²) in [5.41, 5.74) is 1.70. The molecule has 0 bridgehead atoms. The highest BCUT2D eigenvalue weighted by atomic mass is 32.2. The fraction of sp³-hybridized carbons (Fsp3) is 0.250. The molecule has 10 heteroatoms. The molecule has 0 spiro atoms. The van der Waals surface area contributed by atoms with Crippen LogP contribution in [0.25, 0.3) is 0 Å². The van der Waals surface area contributed by atoms with E-state index in [4.69, 9.17) is 14.2 Å². The van der Waals surface area contributed by atoms with Crippen molar-refractivity contribution < 1.29 is 33.3 Å². The van der Waals surface area contributed by atoms with Crippen LogP contribution in [-0.2, 0) is 25.6 Å². The predicted molar refractivity (Wildman–Crippen MR) is 127 cm³/mol. The van der Waals surface area contributed by atoms with Crippen LogP contribution < -0.4 is 9.47 Å². The van der Waals surface area contributed by atoms with Gasteiger partial charge in [0.1, 0.15) is 0 Å². The zero-order valence-corrected chi connectivity index (χ0v) is 20.0. The molecule has 3 rings (SSSR count). The highest BCUT2D eigenvalue weighted by Crippen LogP contribution is 2.35. The number of aliphatic imine (C=N–C) groups is 1. The van der Waals surface area contributed by atoms with Gasteiger partial charge in [-0.1, -0.05) is 6.07 Å². The predicted octanol–water partition coefficient (Wildman–Crippen LogP) is 3.70. The standard InChI is InChI=1S/C24H24N2O7S/c1-5-33-23(29)16-7-9-17(10-8-16)25-24-26(22(28)20(34-24)13-21(27)32-4)14-15-6-11-18(30-2)19(12-15)31-3/h6-13H,5,14H2,1-4H3/b20-13+,25-24?. The van der Waals surface area contributed by atoms with E-state index in [-0.39, 0.29) is 24.0 Å². The Bertz CT molecular complexity index is 1140. The molecule has 0 N–H and O–H groups in total. The van der Waals surface area contributed by atoms with Crippen LogP contribution in [0.3, 0.4) is 0 Å². The Morgan fingerprint density at radius 2 is 1.74 bits per heavy atom. The van der Waals surface area contributed by atoms with Gasteiger partial charge in [0.25, 0.3) is 5.91 Å². The number of hydrogen-bond donors (Lipinski definition) is 0. The van der Waals surface area contributed by atoms with Gasteiger partial charge in [0, 0.05) is 6.08 Å². The van der Waals surface area contributed by atoms with Crippen LogP contribution >= 0.6 is 11.8 Å². The quantitative estimate of drug-likeness (QED) is 0.413. The van der Waals surface area contributed by atoms with Gasteiger partial charge in [-0.05, 0) is 60.6 Å². The van der Waals surface area contributed by atoms with Crippen molar-refractivity contribution in [3.05, 3.63) is 64.6 Å². The number of benzene rings is 2. The number of amides is 1. The normalized spacial score (nSPS) is 15.5. The van der Waals surface area contributed by atoms with Crippen molar-refractivity contribution in [2.24, 2.45) is 4.99 Å². The van der Waals surface area contributed by atoms with Gasteiger partial charge in [-0.2, -0.15) is 0 Å². The fourth-order valence-electron chi connectivity index (χ4n) is 3.06. The first-order chi connectivity index (χ1) is 16.4. The monoisotopic (exact) mass is 484 g/mol. The van der Waals surface area contributed by atoms with E-state index in [1.165, 1.54) is 19.1 Å². The van der Waals surface area contributed by atoms with Crippen molar-refractivity contribution in [3.8, 4) is 11.5 Å². The number of esters is 2. The lowest BCUT2D eigenvalue weighted by Gasteiger charge is -2.17. The number of carbonyl (C=O) groups is 3. The van der Waals surface area contributed by atoms with Gasteiger partial charge < -0.3 is 18.9 Å². The Balaban J connectivity index is 1.94. The molecule has 0 radical (unpaired) electrons. The molecule has 0 saturated carbocycles. The molecule has 34 heavy (non-hydrogen) atoms. The van der Waals surface area contributed by atoms with Crippen molar-refractivity contribution in [2.45, 2.75) is 13.5 Å². The van der Waals surface area contributed by atoms with Crippen molar-refractivity contribution >= 4 is 40.5 Å². The SMILES string of the molecule is CCOC(=O)c1ccc(N=C2S/C(=C/C(=O)OC)C(=O)N2Cc2ccc(OC)c(OC)c2)cc1. The van der Waals surface area contributed by atoms with Gasteiger partial charge in [0.05, 0.1) is 50.6 Å². The number of methoxy groups -OCH3 is 3.